The fourth-order valence-corrected chi connectivity index (χ4v) is 2.92. The van der Waals surface area contributed by atoms with Crippen LogP contribution >= 0.6 is 0 Å². The van der Waals surface area contributed by atoms with Crippen molar-refractivity contribution < 1.29 is 4.74 Å². The van der Waals surface area contributed by atoms with Gasteiger partial charge < -0.3 is 10.1 Å². The molecule has 1 saturated carbocycles. The molecule has 0 amide bonds. The second kappa shape index (κ2) is 7.38. The highest BCUT2D eigenvalue weighted by molar-refractivity contribution is 4.80. The highest BCUT2D eigenvalue weighted by Crippen LogP contribution is 2.40. The van der Waals surface area contributed by atoms with Crippen LogP contribution in [0.2, 0.25) is 0 Å². The van der Waals surface area contributed by atoms with Crippen LogP contribution in [0.25, 0.3) is 0 Å². The Labute approximate surface area is 108 Å². The minimum atomic E-state index is 0.516. The molecular formula is C15H31NO. The number of hydrogen-bond donors (Lipinski definition) is 1. The predicted molar refractivity (Wildman–Crippen MR) is 74.3 cm³/mol. The molecule has 0 bridgehead atoms. The average Bonchev–Trinajstić information content (AvgIpc) is 2.28. The Morgan fingerprint density at radius 1 is 1.06 bits per heavy atom. The van der Waals surface area contributed by atoms with Crippen molar-refractivity contribution in [3.8, 4) is 0 Å². The molecule has 0 aliphatic heterocycles. The predicted octanol–water partition coefficient (Wildman–Crippen LogP) is 3.47. The lowest BCUT2D eigenvalue weighted by Gasteiger charge is -2.37. The Morgan fingerprint density at radius 3 is 2.24 bits per heavy atom. The van der Waals surface area contributed by atoms with Crippen molar-refractivity contribution in [2.24, 2.45) is 17.3 Å². The highest BCUT2D eigenvalue weighted by atomic mass is 16.5. The third-order valence-electron chi connectivity index (χ3n) is 4.28. The normalized spacial score (nSPS) is 26.1. The van der Waals surface area contributed by atoms with Crippen LogP contribution in [0, 0.1) is 17.3 Å². The Kier molecular flexibility index (Phi) is 6.50. The summed E-state index contributed by atoms with van der Waals surface area (Å²) >= 11 is 0. The van der Waals surface area contributed by atoms with Crippen LogP contribution in [0.3, 0.4) is 0 Å². The van der Waals surface area contributed by atoms with Crippen molar-refractivity contribution in [1.29, 1.82) is 0 Å². The van der Waals surface area contributed by atoms with Crippen LogP contribution in [-0.2, 0) is 4.74 Å². The molecule has 2 nitrogen and oxygen atoms in total. The van der Waals surface area contributed by atoms with Crippen LogP contribution in [0.4, 0.5) is 0 Å². The van der Waals surface area contributed by atoms with E-state index in [1.807, 2.05) is 0 Å². The maximum absolute atomic E-state index is 5.02. The van der Waals surface area contributed by atoms with Crippen LogP contribution in [-0.4, -0.2) is 26.8 Å². The van der Waals surface area contributed by atoms with Crippen molar-refractivity contribution in [3.63, 3.8) is 0 Å². The van der Waals surface area contributed by atoms with E-state index in [9.17, 15) is 0 Å². The third-order valence-corrected chi connectivity index (χ3v) is 4.28. The van der Waals surface area contributed by atoms with Gasteiger partial charge in [-0.05, 0) is 43.1 Å². The second-order valence-electron chi connectivity index (χ2n) is 6.62. The smallest absolute Gasteiger partial charge is 0.0587 e. The summed E-state index contributed by atoms with van der Waals surface area (Å²) < 4.78 is 5.02. The van der Waals surface area contributed by atoms with E-state index < -0.39 is 0 Å². The van der Waals surface area contributed by atoms with Gasteiger partial charge in [0.1, 0.15) is 0 Å². The highest BCUT2D eigenvalue weighted by Gasteiger charge is 2.29. The first-order chi connectivity index (χ1) is 8.04. The molecule has 0 saturated heterocycles. The van der Waals surface area contributed by atoms with Gasteiger partial charge in [0.15, 0.2) is 0 Å². The average molecular weight is 241 g/mol. The van der Waals surface area contributed by atoms with Crippen LogP contribution < -0.4 is 5.32 Å². The van der Waals surface area contributed by atoms with E-state index in [1.165, 1.54) is 32.1 Å². The summed E-state index contributed by atoms with van der Waals surface area (Å²) in [6.07, 6.45) is 7.10. The lowest BCUT2D eigenvalue weighted by molar-refractivity contribution is 0.145. The van der Waals surface area contributed by atoms with E-state index in [0.29, 0.717) is 5.41 Å². The minimum Gasteiger partial charge on any atom is -0.383 e. The zero-order valence-corrected chi connectivity index (χ0v) is 12.2. The van der Waals surface area contributed by atoms with Gasteiger partial charge in [-0.3, -0.25) is 0 Å². The van der Waals surface area contributed by atoms with E-state index >= 15 is 0 Å². The summed E-state index contributed by atoms with van der Waals surface area (Å²) in [6.45, 7) is 10.2. The monoisotopic (exact) mass is 241 g/mol. The topological polar surface area (TPSA) is 21.3 Å². The summed E-state index contributed by atoms with van der Waals surface area (Å²) in [5.41, 5.74) is 0.516. The Balaban J connectivity index is 2.07. The lowest BCUT2D eigenvalue weighted by atomic mass is 9.69. The molecule has 17 heavy (non-hydrogen) atoms. The van der Waals surface area contributed by atoms with Crippen molar-refractivity contribution in [3.05, 3.63) is 0 Å². The molecule has 0 atom stereocenters. The largest absolute Gasteiger partial charge is 0.383 e. The molecule has 2 heteroatoms. The SMILES string of the molecule is COCCNCCC1CCC(C(C)(C)C)CC1. The molecule has 0 spiro atoms. The number of nitrogens with one attached hydrogen (secondary N) is 1. The molecule has 0 aromatic rings. The van der Waals surface area contributed by atoms with Gasteiger partial charge in [0.25, 0.3) is 0 Å². The zero-order valence-electron chi connectivity index (χ0n) is 12.2. The van der Waals surface area contributed by atoms with E-state index in [1.54, 1.807) is 7.11 Å². The Bertz CT molecular complexity index is 190. The maximum atomic E-state index is 5.02. The number of ether oxygens (including phenoxy) is 1. The zero-order chi connectivity index (χ0) is 12.7. The van der Waals surface area contributed by atoms with Crippen molar-refractivity contribution in [2.45, 2.75) is 52.9 Å². The van der Waals surface area contributed by atoms with Gasteiger partial charge in [-0.15, -0.1) is 0 Å². The molecule has 1 aliphatic carbocycles. The number of hydrogen-bond acceptors (Lipinski definition) is 2. The quantitative estimate of drug-likeness (QED) is 0.719. The molecule has 1 aliphatic rings. The standard InChI is InChI=1S/C15H31NO/c1-15(2,3)14-7-5-13(6-8-14)9-10-16-11-12-17-4/h13-14,16H,5-12H2,1-4H3. The maximum Gasteiger partial charge on any atom is 0.0587 e. The first kappa shape index (κ1) is 15.0. The molecule has 0 unspecified atom stereocenters. The molecule has 1 rings (SSSR count). The summed E-state index contributed by atoms with van der Waals surface area (Å²) in [4.78, 5) is 0. The number of methoxy groups -OCH3 is 1. The first-order valence-corrected chi connectivity index (χ1v) is 7.23. The Hall–Kier alpha value is -0.0800. The summed E-state index contributed by atoms with van der Waals surface area (Å²) in [5.74, 6) is 1.91. The van der Waals surface area contributed by atoms with Gasteiger partial charge >= 0.3 is 0 Å². The minimum absolute atomic E-state index is 0.516. The summed E-state index contributed by atoms with van der Waals surface area (Å²) in [5, 5.41) is 3.45. The van der Waals surface area contributed by atoms with Crippen molar-refractivity contribution in [1.82, 2.24) is 5.32 Å². The number of rotatable bonds is 6. The van der Waals surface area contributed by atoms with Gasteiger partial charge in [0.2, 0.25) is 0 Å². The molecular weight excluding hydrogens is 210 g/mol. The van der Waals surface area contributed by atoms with Crippen molar-refractivity contribution in [2.75, 3.05) is 26.8 Å². The van der Waals surface area contributed by atoms with Gasteiger partial charge in [-0.1, -0.05) is 33.6 Å². The molecule has 1 fully saturated rings. The van der Waals surface area contributed by atoms with Crippen LogP contribution in [0.1, 0.15) is 52.9 Å². The van der Waals surface area contributed by atoms with Crippen LogP contribution in [0.15, 0.2) is 0 Å². The van der Waals surface area contributed by atoms with E-state index in [-0.39, 0.29) is 0 Å². The third kappa shape index (κ3) is 5.87. The molecule has 102 valence electrons. The summed E-state index contributed by atoms with van der Waals surface area (Å²) in [7, 11) is 1.76. The van der Waals surface area contributed by atoms with E-state index in [4.69, 9.17) is 4.74 Å². The van der Waals surface area contributed by atoms with Gasteiger partial charge in [-0.2, -0.15) is 0 Å². The summed E-state index contributed by atoms with van der Waals surface area (Å²) in [6, 6.07) is 0. The van der Waals surface area contributed by atoms with Crippen LogP contribution in [0.5, 0.6) is 0 Å². The molecule has 1 N–H and O–H groups in total. The van der Waals surface area contributed by atoms with Gasteiger partial charge in [0, 0.05) is 13.7 Å². The molecule has 0 aromatic heterocycles. The molecule has 0 aromatic carbocycles. The fourth-order valence-electron chi connectivity index (χ4n) is 2.92. The van der Waals surface area contributed by atoms with E-state index in [0.717, 1.165) is 31.5 Å². The first-order valence-electron chi connectivity index (χ1n) is 7.23. The van der Waals surface area contributed by atoms with Gasteiger partial charge in [0.05, 0.1) is 6.61 Å². The Morgan fingerprint density at radius 2 is 1.71 bits per heavy atom. The van der Waals surface area contributed by atoms with E-state index in [2.05, 4.69) is 26.1 Å². The van der Waals surface area contributed by atoms with Gasteiger partial charge in [-0.25, -0.2) is 0 Å². The molecule has 0 heterocycles. The van der Waals surface area contributed by atoms with Crippen molar-refractivity contribution >= 4 is 0 Å². The lowest BCUT2D eigenvalue weighted by Crippen LogP contribution is -2.28. The second-order valence-corrected chi connectivity index (χ2v) is 6.62. The fraction of sp³-hybridized carbons (Fsp3) is 1.00. The molecule has 0 radical (unpaired) electrons.